The van der Waals surface area contributed by atoms with Crippen LogP contribution in [-0.2, 0) is 0 Å². The third-order valence-corrected chi connectivity index (χ3v) is 1.47. The highest BCUT2D eigenvalue weighted by atomic mass is 19.2. The first-order chi connectivity index (χ1) is 6.49. The molecule has 0 atom stereocenters. The number of halogens is 3. The quantitative estimate of drug-likeness (QED) is 0.320. The van der Waals surface area contributed by atoms with Gasteiger partial charge < -0.3 is 0 Å². The Bertz CT molecular complexity index is 419. The molecule has 0 aromatic heterocycles. The Morgan fingerprint density at radius 2 is 1.86 bits per heavy atom. The van der Waals surface area contributed by atoms with Gasteiger partial charge in [-0.2, -0.15) is 8.78 Å². The number of hydrogen-bond acceptors (Lipinski definition) is 3. The fourth-order valence-electron chi connectivity index (χ4n) is 0.855. The van der Waals surface area contributed by atoms with E-state index in [-0.39, 0.29) is 12.4 Å². The molecule has 4 nitrogen and oxygen atoms in total. The molecule has 1 aromatic rings. The van der Waals surface area contributed by atoms with Gasteiger partial charge in [-0.3, -0.25) is 14.9 Å². The largest absolute Gasteiger partial charge is 0.343 e. The van der Waals surface area contributed by atoms with Gasteiger partial charge in [-0.1, -0.05) is 0 Å². The molecule has 14 heavy (non-hydrogen) atoms. The first-order valence-corrected chi connectivity index (χ1v) is 3.26. The molecule has 0 unspecified atom stereocenters. The third kappa shape index (κ3) is 1.43. The zero-order valence-electron chi connectivity index (χ0n) is 6.46. The minimum Gasteiger partial charge on any atom is -0.298 e. The molecule has 0 N–H and O–H groups in total. The average Bonchev–Trinajstić information content (AvgIpc) is 2.11. The minimum absolute atomic E-state index is 0.134. The van der Waals surface area contributed by atoms with E-state index in [0.29, 0.717) is 0 Å². The Hall–Kier alpha value is -1.92. The van der Waals surface area contributed by atoms with Gasteiger partial charge >= 0.3 is 5.69 Å². The Labute approximate surface area is 75.1 Å². The molecule has 1 aromatic carbocycles. The number of carbonyl (C=O) groups is 1. The molecular weight excluding hydrogens is 203 g/mol. The van der Waals surface area contributed by atoms with Gasteiger partial charge in [-0.15, -0.1) is 0 Å². The molecule has 0 bridgehead atoms. The molecule has 74 valence electrons. The molecule has 0 amide bonds. The second-order valence-electron chi connectivity index (χ2n) is 2.30. The molecule has 0 aliphatic heterocycles. The number of nitro benzene ring substituents is 1. The van der Waals surface area contributed by atoms with Crippen LogP contribution in [0.1, 0.15) is 10.4 Å². The molecule has 1 rings (SSSR count). The number of carbonyl (C=O) groups excluding carboxylic acids is 1. The predicted molar refractivity (Wildman–Crippen MR) is 38.4 cm³/mol. The van der Waals surface area contributed by atoms with Crippen LogP contribution in [0.5, 0.6) is 0 Å². The number of benzene rings is 1. The Kier molecular flexibility index (Phi) is 2.50. The van der Waals surface area contributed by atoms with Gasteiger partial charge in [-0.05, 0) is 6.07 Å². The molecule has 0 saturated heterocycles. The minimum atomic E-state index is -1.92. The van der Waals surface area contributed by atoms with Crippen LogP contribution < -0.4 is 0 Å². The molecule has 0 aliphatic rings. The maximum Gasteiger partial charge on any atom is 0.343 e. The Balaban J connectivity index is 3.61. The van der Waals surface area contributed by atoms with Crippen molar-refractivity contribution < 1.29 is 22.9 Å². The highest BCUT2D eigenvalue weighted by molar-refractivity contribution is 5.76. The summed E-state index contributed by atoms with van der Waals surface area (Å²) < 4.78 is 38.1. The lowest BCUT2D eigenvalue weighted by atomic mass is 10.2. The van der Waals surface area contributed by atoms with Crippen LogP contribution in [0.15, 0.2) is 6.07 Å². The third-order valence-electron chi connectivity index (χ3n) is 1.47. The van der Waals surface area contributed by atoms with E-state index in [1.165, 1.54) is 0 Å². The van der Waals surface area contributed by atoms with E-state index in [0.717, 1.165) is 0 Å². The zero-order valence-corrected chi connectivity index (χ0v) is 6.46. The summed E-state index contributed by atoms with van der Waals surface area (Å²) >= 11 is 0. The first-order valence-electron chi connectivity index (χ1n) is 3.26. The van der Waals surface area contributed by atoms with Crippen LogP contribution in [0.2, 0.25) is 0 Å². The smallest absolute Gasteiger partial charge is 0.298 e. The summed E-state index contributed by atoms with van der Waals surface area (Å²) in [4.78, 5) is 18.8. The van der Waals surface area contributed by atoms with Gasteiger partial charge in [0.15, 0.2) is 12.1 Å². The van der Waals surface area contributed by atoms with Crippen molar-refractivity contribution in [1.82, 2.24) is 0 Å². The normalized spacial score (nSPS) is 9.93. The number of nitrogens with zero attached hydrogens (tertiary/aromatic N) is 1. The Morgan fingerprint density at radius 1 is 1.29 bits per heavy atom. The van der Waals surface area contributed by atoms with E-state index >= 15 is 0 Å². The summed E-state index contributed by atoms with van der Waals surface area (Å²) in [7, 11) is 0. The van der Waals surface area contributed by atoms with Crippen LogP contribution in [-0.4, -0.2) is 11.2 Å². The lowest BCUT2D eigenvalue weighted by molar-refractivity contribution is -0.390. The molecule has 0 radical (unpaired) electrons. The van der Waals surface area contributed by atoms with E-state index in [1.807, 2.05) is 0 Å². The molecule has 0 saturated carbocycles. The molecule has 0 heterocycles. The monoisotopic (exact) mass is 205 g/mol. The first kappa shape index (κ1) is 10.2. The van der Waals surface area contributed by atoms with Gasteiger partial charge in [0.1, 0.15) is 0 Å². The summed E-state index contributed by atoms with van der Waals surface area (Å²) in [6.45, 7) is 0. The topological polar surface area (TPSA) is 60.2 Å². The molecule has 0 fully saturated rings. The number of nitro groups is 1. The van der Waals surface area contributed by atoms with Crippen molar-refractivity contribution in [3.8, 4) is 0 Å². The molecule has 7 heteroatoms. The van der Waals surface area contributed by atoms with Crippen LogP contribution >= 0.6 is 0 Å². The maximum absolute atomic E-state index is 12.9. The van der Waals surface area contributed by atoms with E-state index in [9.17, 15) is 28.1 Å². The van der Waals surface area contributed by atoms with Crippen molar-refractivity contribution in [3.63, 3.8) is 0 Å². The lowest BCUT2D eigenvalue weighted by Crippen LogP contribution is -2.03. The summed E-state index contributed by atoms with van der Waals surface area (Å²) in [6.07, 6.45) is -0.134. The van der Waals surface area contributed by atoms with E-state index in [4.69, 9.17) is 0 Å². The summed E-state index contributed by atoms with van der Waals surface area (Å²) in [6, 6.07) is 0.255. The fourth-order valence-corrected chi connectivity index (χ4v) is 0.855. The van der Waals surface area contributed by atoms with E-state index in [2.05, 4.69) is 0 Å². The fraction of sp³-hybridized carbons (Fsp3) is 0. The van der Waals surface area contributed by atoms with Crippen LogP contribution in [0.4, 0.5) is 18.9 Å². The van der Waals surface area contributed by atoms with Crippen molar-refractivity contribution in [2.45, 2.75) is 0 Å². The highest BCUT2D eigenvalue weighted by Gasteiger charge is 2.27. The lowest BCUT2D eigenvalue weighted by Gasteiger charge is -1.99. The van der Waals surface area contributed by atoms with Crippen molar-refractivity contribution >= 4 is 12.0 Å². The molecule has 0 spiro atoms. The number of hydrogen-bond donors (Lipinski definition) is 0. The number of aldehydes is 1. The van der Waals surface area contributed by atoms with Crippen LogP contribution in [0, 0.1) is 27.6 Å². The van der Waals surface area contributed by atoms with Crippen LogP contribution in [0.25, 0.3) is 0 Å². The zero-order chi connectivity index (χ0) is 10.9. The standard InChI is InChI=1S/C7H2F3NO3/c8-4-1-3(2-12)5(9)7(6(4)10)11(13)14/h1-2H. The Morgan fingerprint density at radius 3 is 2.29 bits per heavy atom. The summed E-state index contributed by atoms with van der Waals surface area (Å²) in [5.74, 6) is -5.23. The SMILES string of the molecule is O=Cc1cc(F)c(F)c([N+](=O)[O-])c1F. The molecular formula is C7H2F3NO3. The van der Waals surface area contributed by atoms with E-state index < -0.39 is 33.6 Å². The number of rotatable bonds is 2. The van der Waals surface area contributed by atoms with Gasteiger partial charge in [0, 0.05) is 0 Å². The van der Waals surface area contributed by atoms with Crippen molar-refractivity contribution in [3.05, 3.63) is 39.2 Å². The second-order valence-corrected chi connectivity index (χ2v) is 2.30. The average molecular weight is 205 g/mol. The van der Waals surface area contributed by atoms with Gasteiger partial charge in [0.25, 0.3) is 0 Å². The van der Waals surface area contributed by atoms with Crippen LogP contribution in [0.3, 0.4) is 0 Å². The molecule has 0 aliphatic carbocycles. The van der Waals surface area contributed by atoms with Gasteiger partial charge in [0.2, 0.25) is 11.6 Å². The maximum atomic E-state index is 12.9. The summed E-state index contributed by atoms with van der Waals surface area (Å²) in [5.41, 5.74) is -2.55. The van der Waals surface area contributed by atoms with Gasteiger partial charge in [-0.25, -0.2) is 4.39 Å². The van der Waals surface area contributed by atoms with Crippen molar-refractivity contribution in [2.75, 3.05) is 0 Å². The van der Waals surface area contributed by atoms with Gasteiger partial charge in [0.05, 0.1) is 10.5 Å². The van der Waals surface area contributed by atoms with Crippen molar-refractivity contribution in [1.29, 1.82) is 0 Å². The summed E-state index contributed by atoms with van der Waals surface area (Å²) in [5, 5.41) is 10.1. The second kappa shape index (κ2) is 3.44. The van der Waals surface area contributed by atoms with E-state index in [1.54, 1.807) is 0 Å². The highest BCUT2D eigenvalue weighted by Crippen LogP contribution is 2.25. The predicted octanol–water partition coefficient (Wildman–Crippen LogP) is 1.82. The van der Waals surface area contributed by atoms with Crippen molar-refractivity contribution in [2.24, 2.45) is 0 Å².